The highest BCUT2D eigenvalue weighted by atomic mass is 14.9. The lowest BCUT2D eigenvalue weighted by Gasteiger charge is -2.25. The van der Waals surface area contributed by atoms with Gasteiger partial charge in [-0.1, -0.05) is 77.0 Å². The molecule has 140 valence electrons. The molecule has 2 nitrogen and oxygen atoms in total. The normalized spacial score (nSPS) is 11.5. The molecule has 0 fully saturated rings. The molecule has 1 atom stereocenters. The van der Waals surface area contributed by atoms with Gasteiger partial charge in [0.25, 0.3) is 0 Å². The molecule has 0 aromatic heterocycles. The van der Waals surface area contributed by atoms with Gasteiger partial charge in [0, 0.05) is 17.0 Å². The second kappa shape index (κ2) is 10.6. The van der Waals surface area contributed by atoms with Crippen molar-refractivity contribution in [3.05, 3.63) is 72.1 Å². The maximum atomic E-state index is 4.26. The van der Waals surface area contributed by atoms with E-state index in [1.54, 1.807) is 0 Å². The third-order valence-corrected chi connectivity index (χ3v) is 4.34. The molecular formula is C24H34N2. The van der Waals surface area contributed by atoms with Gasteiger partial charge in [0.15, 0.2) is 0 Å². The van der Waals surface area contributed by atoms with Gasteiger partial charge in [-0.3, -0.25) is 0 Å². The van der Waals surface area contributed by atoms with Crippen LogP contribution < -0.4 is 10.6 Å². The summed E-state index contributed by atoms with van der Waals surface area (Å²) in [6.45, 7) is 23.4. The van der Waals surface area contributed by atoms with Crippen LogP contribution in [0.1, 0.15) is 45.7 Å². The number of hydrogen-bond donors (Lipinski definition) is 2. The summed E-state index contributed by atoms with van der Waals surface area (Å²) in [4.78, 5) is 0. The number of benzene rings is 1. The zero-order valence-corrected chi connectivity index (χ0v) is 17.1. The van der Waals surface area contributed by atoms with Crippen molar-refractivity contribution < 1.29 is 0 Å². The zero-order chi connectivity index (χ0) is 19.7. The minimum Gasteiger partial charge on any atom is -0.382 e. The second-order valence-electron chi connectivity index (χ2n) is 7.44. The Morgan fingerprint density at radius 3 is 2.12 bits per heavy atom. The van der Waals surface area contributed by atoms with E-state index >= 15 is 0 Å². The van der Waals surface area contributed by atoms with E-state index in [0.29, 0.717) is 18.4 Å². The van der Waals surface area contributed by atoms with E-state index in [4.69, 9.17) is 0 Å². The highest BCUT2D eigenvalue weighted by molar-refractivity contribution is 5.37. The van der Waals surface area contributed by atoms with Crippen LogP contribution in [0.3, 0.4) is 0 Å². The maximum Gasteiger partial charge on any atom is 0.0766 e. The summed E-state index contributed by atoms with van der Waals surface area (Å²) in [6.07, 6.45) is 0.896. The number of rotatable bonds is 9. The topological polar surface area (TPSA) is 24.1 Å². The quantitative estimate of drug-likeness (QED) is 0.481. The summed E-state index contributed by atoms with van der Waals surface area (Å²) in [6, 6.07) is 8.65. The summed E-state index contributed by atoms with van der Waals surface area (Å²) < 4.78 is 0. The van der Waals surface area contributed by atoms with Gasteiger partial charge in [-0.2, -0.15) is 0 Å². The zero-order valence-electron chi connectivity index (χ0n) is 17.1. The Bertz CT molecular complexity index is 681. The molecule has 0 saturated carbocycles. The molecule has 1 aromatic carbocycles. The second-order valence-corrected chi connectivity index (χ2v) is 7.44. The van der Waals surface area contributed by atoms with Gasteiger partial charge in [-0.05, 0) is 42.9 Å². The van der Waals surface area contributed by atoms with E-state index in [0.717, 1.165) is 23.4 Å². The Hall–Kier alpha value is -2.40. The summed E-state index contributed by atoms with van der Waals surface area (Å²) in [7, 11) is 0. The van der Waals surface area contributed by atoms with Crippen molar-refractivity contribution in [2.75, 3.05) is 6.54 Å². The van der Waals surface area contributed by atoms with Gasteiger partial charge in [0.2, 0.25) is 0 Å². The Kier molecular flexibility index (Phi) is 8.79. The molecule has 0 amide bonds. The standard InChI is InChI=1S/C24H34N2/c1-17(2)20(7)24(26-19(5)6)16-23-13-11-22(12-14-23)10-9-15-25-21(8)18(3)4/h11-14,17-18,24-26H,5,7-8,15-16H2,1-4,6H3. The fraction of sp³-hybridized carbons (Fsp3) is 0.417. The first-order valence-electron chi connectivity index (χ1n) is 9.32. The predicted octanol–water partition coefficient (Wildman–Crippen LogP) is 5.04. The molecule has 0 aliphatic rings. The van der Waals surface area contributed by atoms with Gasteiger partial charge in [-0.25, -0.2) is 0 Å². The van der Waals surface area contributed by atoms with Crippen molar-refractivity contribution in [3.63, 3.8) is 0 Å². The molecule has 1 unspecified atom stereocenters. The molecule has 1 aromatic rings. The molecule has 2 N–H and O–H groups in total. The lowest BCUT2D eigenvalue weighted by molar-refractivity contribution is 0.570. The van der Waals surface area contributed by atoms with Gasteiger partial charge in [-0.15, -0.1) is 0 Å². The molecule has 0 heterocycles. The average Bonchev–Trinajstić information content (AvgIpc) is 2.57. The Balaban J connectivity index is 2.69. The minimum atomic E-state index is 0.204. The lowest BCUT2D eigenvalue weighted by Crippen LogP contribution is -2.32. The van der Waals surface area contributed by atoms with Crippen molar-refractivity contribution in [2.45, 2.75) is 47.1 Å². The molecule has 0 aliphatic carbocycles. The first-order chi connectivity index (χ1) is 12.2. The smallest absolute Gasteiger partial charge is 0.0766 e. The average molecular weight is 351 g/mol. The van der Waals surface area contributed by atoms with Crippen LogP contribution in [0.25, 0.3) is 0 Å². The van der Waals surface area contributed by atoms with Crippen LogP contribution in [0.2, 0.25) is 0 Å². The van der Waals surface area contributed by atoms with Gasteiger partial charge >= 0.3 is 0 Å². The number of allylic oxidation sites excluding steroid dienone is 2. The maximum absolute atomic E-state index is 4.26. The Morgan fingerprint density at radius 1 is 1.00 bits per heavy atom. The van der Waals surface area contributed by atoms with Crippen LogP contribution in [-0.2, 0) is 6.42 Å². The fourth-order valence-electron chi connectivity index (χ4n) is 2.44. The molecule has 2 heteroatoms. The van der Waals surface area contributed by atoms with Crippen LogP contribution in [0.15, 0.2) is 61.0 Å². The van der Waals surface area contributed by atoms with Crippen LogP contribution in [-0.4, -0.2) is 12.6 Å². The summed E-state index contributed by atoms with van der Waals surface area (Å²) >= 11 is 0. The molecule has 26 heavy (non-hydrogen) atoms. The Morgan fingerprint density at radius 2 is 1.62 bits per heavy atom. The molecule has 0 saturated heterocycles. The summed E-state index contributed by atoms with van der Waals surface area (Å²) in [5.41, 5.74) is 5.49. The van der Waals surface area contributed by atoms with E-state index in [9.17, 15) is 0 Å². The van der Waals surface area contributed by atoms with Crippen molar-refractivity contribution in [1.29, 1.82) is 0 Å². The SMILES string of the molecule is C=C(C)NC(Cc1ccc(C#CCNC(=C)C(C)C)cc1)C(=C)C(C)C. The minimum absolute atomic E-state index is 0.204. The molecule has 0 aliphatic heterocycles. The largest absolute Gasteiger partial charge is 0.382 e. The van der Waals surface area contributed by atoms with Crippen molar-refractivity contribution in [3.8, 4) is 11.8 Å². The fourth-order valence-corrected chi connectivity index (χ4v) is 2.44. The molecule has 1 rings (SSSR count). The van der Waals surface area contributed by atoms with E-state index < -0.39 is 0 Å². The first-order valence-corrected chi connectivity index (χ1v) is 9.32. The molecule has 0 bridgehead atoms. The molecular weight excluding hydrogens is 316 g/mol. The van der Waals surface area contributed by atoms with E-state index in [1.807, 2.05) is 6.92 Å². The van der Waals surface area contributed by atoms with E-state index in [-0.39, 0.29) is 6.04 Å². The van der Waals surface area contributed by atoms with Crippen LogP contribution in [0.5, 0.6) is 0 Å². The molecule has 0 spiro atoms. The third-order valence-electron chi connectivity index (χ3n) is 4.34. The Labute approximate surface area is 160 Å². The predicted molar refractivity (Wildman–Crippen MR) is 115 cm³/mol. The molecule has 0 radical (unpaired) electrons. The van der Waals surface area contributed by atoms with Crippen molar-refractivity contribution >= 4 is 0 Å². The van der Waals surface area contributed by atoms with Crippen molar-refractivity contribution in [1.82, 2.24) is 10.6 Å². The van der Waals surface area contributed by atoms with Gasteiger partial charge < -0.3 is 10.6 Å². The van der Waals surface area contributed by atoms with E-state index in [2.05, 4.69) is 94.2 Å². The monoisotopic (exact) mass is 350 g/mol. The van der Waals surface area contributed by atoms with E-state index in [1.165, 1.54) is 11.1 Å². The first kappa shape index (κ1) is 21.6. The van der Waals surface area contributed by atoms with Crippen LogP contribution >= 0.6 is 0 Å². The van der Waals surface area contributed by atoms with Crippen LogP contribution in [0.4, 0.5) is 0 Å². The van der Waals surface area contributed by atoms with Crippen LogP contribution in [0, 0.1) is 23.7 Å². The highest BCUT2D eigenvalue weighted by Gasteiger charge is 2.15. The summed E-state index contributed by atoms with van der Waals surface area (Å²) in [5.74, 6) is 7.20. The lowest BCUT2D eigenvalue weighted by atomic mass is 9.92. The van der Waals surface area contributed by atoms with Gasteiger partial charge in [0.1, 0.15) is 0 Å². The number of nitrogens with one attached hydrogen (secondary N) is 2. The van der Waals surface area contributed by atoms with Gasteiger partial charge in [0.05, 0.1) is 12.6 Å². The summed E-state index contributed by atoms with van der Waals surface area (Å²) in [5, 5.41) is 6.68. The highest BCUT2D eigenvalue weighted by Crippen LogP contribution is 2.17. The van der Waals surface area contributed by atoms with Crippen molar-refractivity contribution in [2.24, 2.45) is 11.8 Å². The third kappa shape index (κ3) is 7.66. The number of hydrogen-bond acceptors (Lipinski definition) is 2.